The lowest BCUT2D eigenvalue weighted by atomic mass is 9.93. The highest BCUT2D eigenvalue weighted by Gasteiger charge is 2.29. The number of β-amino-alcohol motifs (C(OH)–C–C–N with tert-alkyl or cyclic N) is 1. The summed E-state index contributed by atoms with van der Waals surface area (Å²) in [5.74, 6) is -0.465. The summed E-state index contributed by atoms with van der Waals surface area (Å²) >= 11 is 1.09. The van der Waals surface area contributed by atoms with Crippen LogP contribution < -0.4 is 10.1 Å². The molecule has 0 unspecified atom stereocenters. The second-order valence-corrected chi connectivity index (χ2v) is 8.30. The van der Waals surface area contributed by atoms with E-state index in [4.69, 9.17) is 9.47 Å². The van der Waals surface area contributed by atoms with Crippen LogP contribution in [0.4, 0.5) is 5.13 Å². The standard InChI is InChI=1S/C20H24N4O5S/c1-11-13(3-4-14-15(11)10-29-18(14)27)16(25)9-24-7-5-12(6-8-24)17(26)21-20-22-19(28-2)23-30-20/h3-4,12,16,25H,5-10H2,1-2H3,(H,21,22,23,26)/t16-/m0/s1. The van der Waals surface area contributed by atoms with E-state index in [2.05, 4.69) is 19.6 Å². The average molecular weight is 433 g/mol. The SMILES string of the molecule is COc1nsc(NC(=O)C2CCN(C[C@H](O)c3ccc4c(c3C)COC4=O)CC2)n1. The van der Waals surface area contributed by atoms with E-state index in [1.165, 1.54) is 7.11 Å². The molecule has 0 saturated carbocycles. The normalized spacial score (nSPS) is 18.0. The Morgan fingerprint density at radius 2 is 2.20 bits per heavy atom. The second kappa shape index (κ2) is 8.66. The fourth-order valence-electron chi connectivity index (χ4n) is 4.00. The van der Waals surface area contributed by atoms with E-state index in [1.54, 1.807) is 6.07 Å². The number of aliphatic hydroxyl groups excluding tert-OH is 1. The van der Waals surface area contributed by atoms with Crippen molar-refractivity contribution in [3.8, 4) is 6.01 Å². The van der Waals surface area contributed by atoms with E-state index in [0.717, 1.165) is 41.3 Å². The molecule has 1 saturated heterocycles. The number of nitrogens with one attached hydrogen (secondary N) is 1. The minimum atomic E-state index is -0.662. The number of cyclic esters (lactones) is 1. The van der Waals surface area contributed by atoms with Gasteiger partial charge in [0.1, 0.15) is 6.61 Å². The number of methoxy groups -OCH3 is 1. The molecule has 2 N–H and O–H groups in total. The highest BCUT2D eigenvalue weighted by atomic mass is 32.1. The Balaban J connectivity index is 1.30. The molecule has 3 heterocycles. The quantitative estimate of drug-likeness (QED) is 0.666. The van der Waals surface area contributed by atoms with E-state index in [1.807, 2.05) is 13.0 Å². The first-order valence-electron chi connectivity index (χ1n) is 9.84. The Morgan fingerprint density at radius 1 is 1.43 bits per heavy atom. The lowest BCUT2D eigenvalue weighted by molar-refractivity contribution is -0.121. The summed E-state index contributed by atoms with van der Waals surface area (Å²) in [6.07, 6.45) is 0.755. The fourth-order valence-corrected chi connectivity index (χ4v) is 4.55. The van der Waals surface area contributed by atoms with Crippen LogP contribution >= 0.6 is 11.5 Å². The molecule has 1 amide bonds. The maximum Gasteiger partial charge on any atom is 0.338 e. The molecule has 1 atom stereocenters. The number of nitrogens with zero attached hydrogens (tertiary/aromatic N) is 3. The first-order chi connectivity index (χ1) is 14.5. The molecule has 1 fully saturated rings. The number of esters is 1. The van der Waals surface area contributed by atoms with Crippen LogP contribution in [0.2, 0.25) is 0 Å². The molecule has 1 aromatic carbocycles. The number of likely N-dealkylation sites (tertiary alicyclic amines) is 1. The number of rotatable bonds is 6. The Labute approximate surface area is 178 Å². The minimum absolute atomic E-state index is 0.0619. The minimum Gasteiger partial charge on any atom is -0.466 e. The van der Waals surface area contributed by atoms with Gasteiger partial charge in [-0.1, -0.05) is 6.07 Å². The number of carbonyl (C=O) groups excluding carboxylic acids is 2. The number of piperidine rings is 1. The number of amides is 1. The Hall–Kier alpha value is -2.56. The van der Waals surface area contributed by atoms with Crippen LogP contribution in [0, 0.1) is 12.8 Å². The fraction of sp³-hybridized carbons (Fsp3) is 0.500. The van der Waals surface area contributed by atoms with Gasteiger partial charge in [0.2, 0.25) is 11.0 Å². The molecule has 0 bridgehead atoms. The molecule has 2 aliphatic rings. The van der Waals surface area contributed by atoms with Gasteiger partial charge in [-0.3, -0.25) is 4.79 Å². The number of anilines is 1. The largest absolute Gasteiger partial charge is 0.466 e. The molecular formula is C20H24N4O5S. The second-order valence-electron chi connectivity index (χ2n) is 7.55. The van der Waals surface area contributed by atoms with E-state index in [0.29, 0.717) is 30.1 Å². The zero-order valence-corrected chi connectivity index (χ0v) is 17.7. The summed E-state index contributed by atoms with van der Waals surface area (Å²) in [7, 11) is 1.48. The van der Waals surface area contributed by atoms with Crippen LogP contribution in [0.15, 0.2) is 12.1 Å². The van der Waals surface area contributed by atoms with E-state index < -0.39 is 6.10 Å². The summed E-state index contributed by atoms with van der Waals surface area (Å²) in [5.41, 5.74) is 3.17. The van der Waals surface area contributed by atoms with Crippen molar-refractivity contribution in [1.29, 1.82) is 0 Å². The number of aromatic nitrogens is 2. The summed E-state index contributed by atoms with van der Waals surface area (Å²) in [6, 6.07) is 3.79. The van der Waals surface area contributed by atoms with Gasteiger partial charge in [-0.05, 0) is 50.0 Å². The molecule has 4 rings (SSSR count). The number of carbonyl (C=O) groups is 2. The van der Waals surface area contributed by atoms with E-state index in [9.17, 15) is 14.7 Å². The molecule has 1 aromatic heterocycles. The molecule has 0 aliphatic carbocycles. The smallest absolute Gasteiger partial charge is 0.338 e. The van der Waals surface area contributed by atoms with Crippen molar-refractivity contribution < 1.29 is 24.2 Å². The van der Waals surface area contributed by atoms with E-state index in [-0.39, 0.29) is 30.4 Å². The van der Waals surface area contributed by atoms with Gasteiger partial charge in [-0.15, -0.1) is 4.37 Å². The van der Waals surface area contributed by atoms with Gasteiger partial charge in [0.15, 0.2) is 0 Å². The first-order valence-corrected chi connectivity index (χ1v) is 10.6. The molecule has 9 nitrogen and oxygen atoms in total. The van der Waals surface area contributed by atoms with Crippen LogP contribution in [-0.4, -0.2) is 58.0 Å². The van der Waals surface area contributed by atoms with Gasteiger partial charge in [0.05, 0.1) is 18.8 Å². The molecule has 160 valence electrons. The number of hydrogen-bond acceptors (Lipinski definition) is 9. The van der Waals surface area contributed by atoms with Crippen molar-refractivity contribution >= 4 is 28.5 Å². The van der Waals surface area contributed by atoms with Gasteiger partial charge < -0.3 is 24.8 Å². The number of fused-ring (bicyclic) bond motifs is 1. The number of ether oxygens (including phenoxy) is 2. The molecule has 30 heavy (non-hydrogen) atoms. The molecule has 2 aliphatic heterocycles. The van der Waals surface area contributed by atoms with Crippen molar-refractivity contribution in [3.63, 3.8) is 0 Å². The number of aliphatic hydroxyl groups is 1. The number of benzene rings is 1. The molecule has 0 spiro atoms. The lowest BCUT2D eigenvalue weighted by Gasteiger charge is -2.32. The van der Waals surface area contributed by atoms with Crippen molar-refractivity contribution in [1.82, 2.24) is 14.3 Å². The van der Waals surface area contributed by atoms with Crippen LogP contribution in [-0.2, 0) is 16.1 Å². The molecule has 2 aromatic rings. The summed E-state index contributed by atoms with van der Waals surface area (Å²) in [4.78, 5) is 30.4. The average Bonchev–Trinajstić information content (AvgIpc) is 3.35. The summed E-state index contributed by atoms with van der Waals surface area (Å²) in [6.45, 7) is 4.11. The van der Waals surface area contributed by atoms with Crippen molar-refractivity contribution in [2.75, 3.05) is 32.1 Å². The zero-order valence-electron chi connectivity index (χ0n) is 16.9. The maximum absolute atomic E-state index is 12.5. The van der Waals surface area contributed by atoms with Crippen molar-refractivity contribution in [2.24, 2.45) is 5.92 Å². The Kier molecular flexibility index (Phi) is 5.98. The predicted molar refractivity (Wildman–Crippen MR) is 110 cm³/mol. The van der Waals surface area contributed by atoms with Crippen LogP contribution in [0.3, 0.4) is 0 Å². The van der Waals surface area contributed by atoms with Gasteiger partial charge in [-0.25, -0.2) is 4.79 Å². The van der Waals surface area contributed by atoms with Gasteiger partial charge in [0.25, 0.3) is 0 Å². The topological polar surface area (TPSA) is 114 Å². The lowest BCUT2D eigenvalue weighted by Crippen LogP contribution is -2.40. The van der Waals surface area contributed by atoms with Crippen LogP contribution in [0.5, 0.6) is 6.01 Å². The Morgan fingerprint density at radius 3 is 2.90 bits per heavy atom. The third-order valence-corrected chi connectivity index (χ3v) is 6.39. The number of hydrogen-bond donors (Lipinski definition) is 2. The third-order valence-electron chi connectivity index (χ3n) is 5.78. The van der Waals surface area contributed by atoms with Gasteiger partial charge >= 0.3 is 12.0 Å². The first kappa shape index (κ1) is 20.7. The van der Waals surface area contributed by atoms with Gasteiger partial charge in [-0.2, -0.15) is 4.98 Å². The molecular weight excluding hydrogens is 408 g/mol. The van der Waals surface area contributed by atoms with Crippen molar-refractivity contribution in [2.45, 2.75) is 32.5 Å². The summed E-state index contributed by atoms with van der Waals surface area (Å²) in [5, 5.41) is 14.0. The van der Waals surface area contributed by atoms with E-state index >= 15 is 0 Å². The Bertz CT molecular complexity index is 955. The van der Waals surface area contributed by atoms with Crippen molar-refractivity contribution in [3.05, 3.63) is 34.4 Å². The molecule has 10 heteroatoms. The van der Waals surface area contributed by atoms with Gasteiger partial charge in [0, 0.05) is 29.6 Å². The van der Waals surface area contributed by atoms with Crippen LogP contribution in [0.25, 0.3) is 0 Å². The highest BCUT2D eigenvalue weighted by Crippen LogP contribution is 2.30. The summed E-state index contributed by atoms with van der Waals surface area (Å²) < 4.78 is 14.0. The highest BCUT2D eigenvalue weighted by molar-refractivity contribution is 7.10. The monoisotopic (exact) mass is 432 g/mol. The maximum atomic E-state index is 12.5. The van der Waals surface area contributed by atoms with Crippen LogP contribution in [0.1, 0.15) is 46.0 Å². The third kappa shape index (κ3) is 4.16. The zero-order chi connectivity index (χ0) is 21.3. The predicted octanol–water partition coefficient (Wildman–Crippen LogP) is 1.91. The molecule has 0 radical (unpaired) electrons.